The van der Waals surface area contributed by atoms with Crippen molar-refractivity contribution in [1.82, 2.24) is 9.88 Å². The molecule has 0 atom stereocenters. The number of thiazole rings is 1. The molecule has 0 spiro atoms. The lowest BCUT2D eigenvalue weighted by molar-refractivity contribution is 0.181. The molecular weight excluding hydrogens is 276 g/mol. The number of methoxy groups -OCH3 is 1. The standard InChI is InChI=1S/C14H24N2OS2/c1-17-10-12-13(11-18)19-14(15-12)6-9-16-7-4-2-3-5-8-16/h18H,2-11H2,1H3. The Morgan fingerprint density at radius 1 is 1.26 bits per heavy atom. The molecule has 0 aromatic carbocycles. The smallest absolute Gasteiger partial charge is 0.0945 e. The van der Waals surface area contributed by atoms with Gasteiger partial charge in [0.05, 0.1) is 17.3 Å². The van der Waals surface area contributed by atoms with Gasteiger partial charge in [-0.3, -0.25) is 0 Å². The first kappa shape index (κ1) is 15.3. The molecular formula is C14H24N2OS2. The monoisotopic (exact) mass is 300 g/mol. The minimum absolute atomic E-state index is 0.607. The molecule has 0 radical (unpaired) electrons. The Kier molecular flexibility index (Phi) is 6.64. The third kappa shape index (κ3) is 4.74. The number of hydrogen-bond donors (Lipinski definition) is 1. The fourth-order valence-electron chi connectivity index (χ4n) is 2.53. The van der Waals surface area contributed by atoms with Gasteiger partial charge in [0.15, 0.2) is 0 Å². The molecule has 1 saturated heterocycles. The number of rotatable bonds is 6. The van der Waals surface area contributed by atoms with Crippen LogP contribution in [0.15, 0.2) is 0 Å². The lowest BCUT2D eigenvalue weighted by Gasteiger charge is -2.18. The van der Waals surface area contributed by atoms with E-state index in [4.69, 9.17) is 9.72 Å². The zero-order valence-electron chi connectivity index (χ0n) is 11.7. The molecule has 5 heteroatoms. The summed E-state index contributed by atoms with van der Waals surface area (Å²) in [5.41, 5.74) is 1.08. The predicted octanol–water partition coefficient (Wildman–Crippen LogP) is 3.14. The average molecular weight is 300 g/mol. The second kappa shape index (κ2) is 8.25. The summed E-state index contributed by atoms with van der Waals surface area (Å²) in [5.74, 6) is 0.764. The van der Waals surface area contributed by atoms with Crippen LogP contribution in [0, 0.1) is 0 Å². The average Bonchev–Trinajstić information content (AvgIpc) is 2.63. The summed E-state index contributed by atoms with van der Waals surface area (Å²) >= 11 is 6.17. The molecule has 0 saturated carbocycles. The molecule has 0 bridgehead atoms. The molecule has 1 fully saturated rings. The topological polar surface area (TPSA) is 25.4 Å². The van der Waals surface area contributed by atoms with Gasteiger partial charge >= 0.3 is 0 Å². The molecule has 0 amide bonds. The van der Waals surface area contributed by atoms with Gasteiger partial charge in [0.2, 0.25) is 0 Å². The number of thiol groups is 1. The van der Waals surface area contributed by atoms with Crippen molar-refractivity contribution < 1.29 is 4.74 Å². The van der Waals surface area contributed by atoms with Crippen LogP contribution in [-0.4, -0.2) is 36.6 Å². The van der Waals surface area contributed by atoms with Crippen molar-refractivity contribution in [2.75, 3.05) is 26.7 Å². The van der Waals surface area contributed by atoms with Gasteiger partial charge in [-0.2, -0.15) is 12.6 Å². The quantitative estimate of drug-likeness (QED) is 0.817. The van der Waals surface area contributed by atoms with Crippen molar-refractivity contribution in [3.05, 3.63) is 15.6 Å². The molecule has 2 heterocycles. The van der Waals surface area contributed by atoms with E-state index < -0.39 is 0 Å². The maximum atomic E-state index is 5.19. The fraction of sp³-hybridized carbons (Fsp3) is 0.786. The normalized spacial score (nSPS) is 17.6. The van der Waals surface area contributed by atoms with Gasteiger partial charge in [0.25, 0.3) is 0 Å². The zero-order chi connectivity index (χ0) is 13.5. The van der Waals surface area contributed by atoms with Gasteiger partial charge in [-0.1, -0.05) is 12.8 Å². The van der Waals surface area contributed by atoms with E-state index in [0.717, 1.165) is 24.4 Å². The molecule has 108 valence electrons. The second-order valence-corrected chi connectivity index (χ2v) is 6.56. The van der Waals surface area contributed by atoms with Gasteiger partial charge in [-0.05, 0) is 25.9 Å². The summed E-state index contributed by atoms with van der Waals surface area (Å²) in [4.78, 5) is 8.54. The summed E-state index contributed by atoms with van der Waals surface area (Å²) in [5, 5.41) is 1.24. The Bertz CT molecular complexity index is 374. The van der Waals surface area contributed by atoms with E-state index in [0.29, 0.717) is 6.61 Å². The van der Waals surface area contributed by atoms with Crippen LogP contribution in [0.4, 0.5) is 0 Å². The summed E-state index contributed by atoms with van der Waals surface area (Å²) in [7, 11) is 1.72. The molecule has 0 aliphatic carbocycles. The maximum absolute atomic E-state index is 5.19. The molecule has 1 aliphatic rings. The molecule has 2 rings (SSSR count). The second-order valence-electron chi connectivity index (χ2n) is 5.07. The molecule has 1 aliphatic heterocycles. The van der Waals surface area contributed by atoms with Gasteiger partial charge < -0.3 is 9.64 Å². The van der Waals surface area contributed by atoms with Crippen LogP contribution in [0.5, 0.6) is 0 Å². The Morgan fingerprint density at radius 2 is 2.00 bits per heavy atom. The first-order valence-corrected chi connectivity index (χ1v) is 8.58. The SMILES string of the molecule is COCc1nc(CCN2CCCCCC2)sc1CS. The predicted molar refractivity (Wildman–Crippen MR) is 84.1 cm³/mol. The first-order valence-electron chi connectivity index (χ1n) is 7.13. The largest absolute Gasteiger partial charge is 0.378 e. The Balaban J connectivity index is 1.87. The highest BCUT2D eigenvalue weighted by Gasteiger charge is 2.12. The maximum Gasteiger partial charge on any atom is 0.0945 e. The molecule has 0 unspecified atom stereocenters. The van der Waals surface area contributed by atoms with Crippen LogP contribution in [0.3, 0.4) is 0 Å². The van der Waals surface area contributed by atoms with E-state index in [1.807, 2.05) is 0 Å². The number of ether oxygens (including phenoxy) is 1. The minimum atomic E-state index is 0.607. The number of nitrogens with zero attached hydrogens (tertiary/aromatic N) is 2. The number of aromatic nitrogens is 1. The lowest BCUT2D eigenvalue weighted by Crippen LogP contribution is -2.26. The first-order chi connectivity index (χ1) is 9.33. The highest BCUT2D eigenvalue weighted by molar-refractivity contribution is 7.79. The van der Waals surface area contributed by atoms with Gasteiger partial charge in [0, 0.05) is 30.7 Å². The van der Waals surface area contributed by atoms with E-state index in [2.05, 4.69) is 17.5 Å². The number of likely N-dealkylation sites (tertiary alicyclic amines) is 1. The van der Waals surface area contributed by atoms with Crippen molar-refractivity contribution in [2.24, 2.45) is 0 Å². The summed E-state index contributed by atoms with van der Waals surface area (Å²) in [6, 6.07) is 0. The highest BCUT2D eigenvalue weighted by Crippen LogP contribution is 2.22. The summed E-state index contributed by atoms with van der Waals surface area (Å²) < 4.78 is 5.19. The Labute approximate surface area is 125 Å². The zero-order valence-corrected chi connectivity index (χ0v) is 13.4. The van der Waals surface area contributed by atoms with Gasteiger partial charge in [-0.15, -0.1) is 11.3 Å². The third-order valence-corrected chi connectivity index (χ3v) is 5.28. The fourth-order valence-corrected chi connectivity index (χ4v) is 3.83. The van der Waals surface area contributed by atoms with Crippen molar-refractivity contribution >= 4 is 24.0 Å². The van der Waals surface area contributed by atoms with Crippen molar-refractivity contribution in [3.63, 3.8) is 0 Å². The third-order valence-electron chi connectivity index (χ3n) is 3.59. The van der Waals surface area contributed by atoms with Crippen LogP contribution in [0.2, 0.25) is 0 Å². The van der Waals surface area contributed by atoms with Crippen molar-refractivity contribution in [2.45, 2.75) is 44.5 Å². The van der Waals surface area contributed by atoms with Crippen LogP contribution < -0.4 is 0 Å². The molecule has 0 N–H and O–H groups in total. The molecule has 3 nitrogen and oxygen atoms in total. The van der Waals surface area contributed by atoms with E-state index in [-0.39, 0.29) is 0 Å². The number of hydrogen-bond acceptors (Lipinski definition) is 5. The van der Waals surface area contributed by atoms with Crippen molar-refractivity contribution in [1.29, 1.82) is 0 Å². The van der Waals surface area contributed by atoms with Crippen LogP contribution >= 0.6 is 24.0 Å². The lowest BCUT2D eigenvalue weighted by atomic mass is 10.2. The van der Waals surface area contributed by atoms with Gasteiger partial charge in [0.1, 0.15) is 0 Å². The molecule has 1 aromatic heterocycles. The van der Waals surface area contributed by atoms with Crippen LogP contribution in [0.1, 0.15) is 41.3 Å². The van der Waals surface area contributed by atoms with Crippen molar-refractivity contribution in [3.8, 4) is 0 Å². The van der Waals surface area contributed by atoms with E-state index >= 15 is 0 Å². The summed E-state index contributed by atoms with van der Waals surface area (Å²) in [6.07, 6.45) is 6.57. The van der Waals surface area contributed by atoms with E-state index in [1.54, 1.807) is 18.4 Å². The highest BCUT2D eigenvalue weighted by atomic mass is 32.1. The summed E-state index contributed by atoms with van der Waals surface area (Å²) in [6.45, 7) is 4.27. The van der Waals surface area contributed by atoms with Gasteiger partial charge in [-0.25, -0.2) is 4.98 Å². The Hall–Kier alpha value is -0.100. The van der Waals surface area contributed by atoms with E-state index in [9.17, 15) is 0 Å². The molecule has 1 aromatic rings. The van der Waals surface area contributed by atoms with Crippen LogP contribution in [0.25, 0.3) is 0 Å². The molecule has 19 heavy (non-hydrogen) atoms. The van der Waals surface area contributed by atoms with Crippen LogP contribution in [-0.2, 0) is 23.5 Å². The Morgan fingerprint density at radius 3 is 2.63 bits per heavy atom. The van der Waals surface area contributed by atoms with E-state index in [1.165, 1.54) is 48.7 Å². The minimum Gasteiger partial charge on any atom is -0.378 e.